The summed E-state index contributed by atoms with van der Waals surface area (Å²) in [6, 6.07) is 5.60. The molecule has 0 radical (unpaired) electrons. The van der Waals surface area contributed by atoms with E-state index in [1.54, 1.807) is 13.1 Å². The van der Waals surface area contributed by atoms with E-state index < -0.39 is 11.7 Å². The predicted octanol–water partition coefficient (Wildman–Crippen LogP) is 3.20. The Labute approximate surface area is 183 Å². The van der Waals surface area contributed by atoms with Gasteiger partial charge in [-0.1, -0.05) is 6.07 Å². The first-order valence-electron chi connectivity index (χ1n) is 11.1. The van der Waals surface area contributed by atoms with Gasteiger partial charge in [0.25, 0.3) is 0 Å². The van der Waals surface area contributed by atoms with Gasteiger partial charge in [-0.05, 0) is 50.9 Å². The van der Waals surface area contributed by atoms with Crippen molar-refractivity contribution >= 4 is 11.6 Å². The van der Waals surface area contributed by atoms with Crippen molar-refractivity contribution in [3.05, 3.63) is 29.8 Å². The molecular formula is C22H36F3N5O. The quantitative estimate of drug-likeness (QED) is 0.313. The second-order valence-electron chi connectivity index (χ2n) is 7.56. The fourth-order valence-electron chi connectivity index (χ4n) is 3.52. The molecule has 1 aromatic rings. The van der Waals surface area contributed by atoms with Gasteiger partial charge in [-0.3, -0.25) is 9.89 Å². The normalized spacial score (nSPS) is 15.9. The van der Waals surface area contributed by atoms with Crippen LogP contribution in [0.4, 0.5) is 18.9 Å². The largest absolute Gasteiger partial charge is 0.416 e. The van der Waals surface area contributed by atoms with Gasteiger partial charge in [0.1, 0.15) is 0 Å². The summed E-state index contributed by atoms with van der Waals surface area (Å²) in [6.45, 7) is 9.37. The third-order valence-electron chi connectivity index (χ3n) is 5.29. The minimum absolute atomic E-state index is 0.588. The second-order valence-corrected chi connectivity index (χ2v) is 7.56. The molecule has 0 saturated carbocycles. The summed E-state index contributed by atoms with van der Waals surface area (Å²) >= 11 is 0. The first-order valence-corrected chi connectivity index (χ1v) is 11.1. The van der Waals surface area contributed by atoms with Crippen LogP contribution < -0.4 is 15.5 Å². The molecule has 0 spiro atoms. The van der Waals surface area contributed by atoms with Gasteiger partial charge < -0.3 is 20.3 Å². The van der Waals surface area contributed by atoms with Crippen LogP contribution in [0.1, 0.15) is 31.7 Å². The lowest BCUT2D eigenvalue weighted by Crippen LogP contribution is -2.47. The third kappa shape index (κ3) is 9.35. The molecule has 0 bridgehead atoms. The molecular weight excluding hydrogens is 407 g/mol. The topological polar surface area (TPSA) is 52.1 Å². The summed E-state index contributed by atoms with van der Waals surface area (Å²) in [5.41, 5.74) is 0.0575. The smallest absolute Gasteiger partial charge is 0.382 e. The van der Waals surface area contributed by atoms with Gasteiger partial charge in [-0.15, -0.1) is 0 Å². The number of benzene rings is 1. The van der Waals surface area contributed by atoms with E-state index in [2.05, 4.69) is 20.5 Å². The van der Waals surface area contributed by atoms with Crippen LogP contribution in [0.25, 0.3) is 0 Å². The highest BCUT2D eigenvalue weighted by Crippen LogP contribution is 2.31. The molecule has 9 heteroatoms. The van der Waals surface area contributed by atoms with E-state index in [0.717, 1.165) is 90.3 Å². The summed E-state index contributed by atoms with van der Waals surface area (Å²) in [7, 11) is 1.77. The van der Waals surface area contributed by atoms with Crippen LogP contribution in [0, 0.1) is 0 Å². The van der Waals surface area contributed by atoms with E-state index in [0.29, 0.717) is 5.69 Å². The van der Waals surface area contributed by atoms with Gasteiger partial charge in [-0.25, -0.2) is 0 Å². The van der Waals surface area contributed by atoms with E-state index in [4.69, 9.17) is 4.74 Å². The maximum Gasteiger partial charge on any atom is 0.416 e. The van der Waals surface area contributed by atoms with Crippen LogP contribution in [-0.4, -0.2) is 76.9 Å². The molecule has 2 N–H and O–H groups in total. The molecule has 0 aromatic heterocycles. The number of nitrogens with one attached hydrogen (secondary N) is 2. The number of hydrogen-bond acceptors (Lipinski definition) is 4. The molecule has 1 aliphatic rings. The number of hydrogen-bond donors (Lipinski definition) is 2. The van der Waals surface area contributed by atoms with Crippen LogP contribution in [-0.2, 0) is 10.9 Å². The highest BCUT2D eigenvalue weighted by molar-refractivity contribution is 5.79. The zero-order valence-electron chi connectivity index (χ0n) is 18.7. The molecule has 0 unspecified atom stereocenters. The number of piperazine rings is 1. The minimum Gasteiger partial charge on any atom is -0.382 e. The maximum absolute atomic E-state index is 12.9. The predicted molar refractivity (Wildman–Crippen MR) is 120 cm³/mol. The number of aliphatic imine (C=N–C) groups is 1. The van der Waals surface area contributed by atoms with Gasteiger partial charge in [0, 0.05) is 65.2 Å². The number of rotatable bonds is 11. The van der Waals surface area contributed by atoms with Crippen LogP contribution in [0.5, 0.6) is 0 Å². The van der Waals surface area contributed by atoms with E-state index in [9.17, 15) is 13.2 Å². The zero-order chi connectivity index (χ0) is 22.5. The second kappa shape index (κ2) is 13.4. The van der Waals surface area contributed by atoms with Gasteiger partial charge in [0.05, 0.1) is 5.56 Å². The highest BCUT2D eigenvalue weighted by atomic mass is 19.4. The van der Waals surface area contributed by atoms with Gasteiger partial charge in [0.15, 0.2) is 5.96 Å². The number of guanidine groups is 1. The Morgan fingerprint density at radius 3 is 2.42 bits per heavy atom. The molecule has 0 atom stereocenters. The summed E-state index contributed by atoms with van der Waals surface area (Å²) in [6.07, 6.45) is -1.25. The van der Waals surface area contributed by atoms with Gasteiger partial charge in [0.2, 0.25) is 0 Å². The number of anilines is 1. The average molecular weight is 444 g/mol. The summed E-state index contributed by atoms with van der Waals surface area (Å²) in [4.78, 5) is 8.62. The van der Waals surface area contributed by atoms with Crippen LogP contribution in [0.3, 0.4) is 0 Å². The Bertz CT molecular complexity index is 661. The zero-order valence-corrected chi connectivity index (χ0v) is 18.7. The fraction of sp³-hybridized carbons (Fsp3) is 0.682. The molecule has 176 valence electrons. The van der Waals surface area contributed by atoms with E-state index >= 15 is 0 Å². The van der Waals surface area contributed by atoms with Crippen molar-refractivity contribution < 1.29 is 17.9 Å². The Balaban J connectivity index is 1.61. The number of ether oxygens (including phenoxy) is 1. The molecule has 6 nitrogen and oxygen atoms in total. The lowest BCUT2D eigenvalue weighted by Gasteiger charge is -2.36. The SMILES string of the molecule is CCOCCCCNC(=NC)NCCCN1CCN(c2cccc(C(F)(F)F)c2)CC1. The van der Waals surface area contributed by atoms with Crippen molar-refractivity contribution in [1.82, 2.24) is 15.5 Å². The van der Waals surface area contributed by atoms with Crippen molar-refractivity contribution in [2.75, 3.05) is 71.0 Å². The Hall–Kier alpha value is -2.00. The summed E-state index contributed by atoms with van der Waals surface area (Å²) < 4.78 is 44.1. The molecule has 1 heterocycles. The molecule has 31 heavy (non-hydrogen) atoms. The van der Waals surface area contributed by atoms with Gasteiger partial charge in [-0.2, -0.15) is 13.2 Å². The molecule has 1 fully saturated rings. The number of halogens is 3. The molecule has 1 aromatic carbocycles. The molecule has 1 saturated heterocycles. The van der Waals surface area contributed by atoms with E-state index in [-0.39, 0.29) is 0 Å². The number of alkyl halides is 3. The first-order chi connectivity index (χ1) is 14.9. The summed E-state index contributed by atoms with van der Waals surface area (Å²) in [5.74, 6) is 0.811. The van der Waals surface area contributed by atoms with Crippen molar-refractivity contribution in [3.63, 3.8) is 0 Å². The van der Waals surface area contributed by atoms with Crippen molar-refractivity contribution in [3.8, 4) is 0 Å². The molecule has 0 amide bonds. The standard InChI is InChI=1S/C22H36F3N5O/c1-3-31-17-5-4-10-27-21(26-2)28-11-7-12-29-13-15-30(16-14-29)20-9-6-8-19(18-20)22(23,24)25/h6,8-9,18H,3-5,7,10-17H2,1-2H3,(H2,26,27,28). The number of unbranched alkanes of at least 4 members (excludes halogenated alkanes) is 1. The first kappa shape index (κ1) is 25.3. The molecule has 1 aliphatic heterocycles. The number of nitrogens with zero attached hydrogens (tertiary/aromatic N) is 3. The molecule has 0 aliphatic carbocycles. The lowest BCUT2D eigenvalue weighted by molar-refractivity contribution is -0.137. The Kier molecular flexibility index (Phi) is 10.9. The fourth-order valence-corrected chi connectivity index (χ4v) is 3.52. The van der Waals surface area contributed by atoms with Crippen LogP contribution in [0.2, 0.25) is 0 Å². The Morgan fingerprint density at radius 2 is 1.77 bits per heavy atom. The lowest BCUT2D eigenvalue weighted by atomic mass is 10.1. The molecule has 2 rings (SSSR count). The minimum atomic E-state index is -4.30. The van der Waals surface area contributed by atoms with Crippen LogP contribution >= 0.6 is 0 Å². The monoisotopic (exact) mass is 443 g/mol. The third-order valence-corrected chi connectivity index (χ3v) is 5.29. The van der Waals surface area contributed by atoms with Crippen molar-refractivity contribution in [2.45, 2.75) is 32.4 Å². The Morgan fingerprint density at radius 1 is 1.06 bits per heavy atom. The van der Waals surface area contributed by atoms with Crippen molar-refractivity contribution in [1.29, 1.82) is 0 Å². The highest BCUT2D eigenvalue weighted by Gasteiger charge is 2.31. The van der Waals surface area contributed by atoms with E-state index in [1.165, 1.54) is 12.1 Å². The van der Waals surface area contributed by atoms with E-state index in [1.807, 2.05) is 11.8 Å². The summed E-state index contributed by atoms with van der Waals surface area (Å²) in [5, 5.41) is 6.64. The maximum atomic E-state index is 12.9. The average Bonchev–Trinajstić information content (AvgIpc) is 2.77. The van der Waals surface area contributed by atoms with Crippen LogP contribution in [0.15, 0.2) is 29.3 Å². The van der Waals surface area contributed by atoms with Gasteiger partial charge >= 0.3 is 6.18 Å². The van der Waals surface area contributed by atoms with Crippen molar-refractivity contribution in [2.24, 2.45) is 4.99 Å².